The zero-order valence-corrected chi connectivity index (χ0v) is 38.0. The largest absolute Gasteiger partial charge is 0.310 e. The van der Waals surface area contributed by atoms with Gasteiger partial charge in [0.15, 0.2) is 0 Å². The summed E-state index contributed by atoms with van der Waals surface area (Å²) in [6, 6.07) is 98.1. The molecule has 0 amide bonds. The Bertz CT molecular complexity index is 3580. The van der Waals surface area contributed by atoms with Gasteiger partial charge in [0, 0.05) is 43.6 Å². The molecule has 320 valence electrons. The van der Waals surface area contributed by atoms with Crippen LogP contribution >= 0.6 is 11.8 Å². The van der Waals surface area contributed by atoms with E-state index in [1.54, 1.807) is 0 Å². The van der Waals surface area contributed by atoms with Crippen molar-refractivity contribution in [3.8, 4) is 33.4 Å². The molecule has 68 heavy (non-hydrogen) atoms. The lowest BCUT2D eigenvalue weighted by Gasteiger charge is -2.40. The van der Waals surface area contributed by atoms with Crippen molar-refractivity contribution in [2.75, 3.05) is 9.80 Å². The van der Waals surface area contributed by atoms with Gasteiger partial charge in [-0.2, -0.15) is 0 Å². The molecule has 0 saturated heterocycles. The van der Waals surface area contributed by atoms with Crippen LogP contribution in [0.25, 0.3) is 44.2 Å². The van der Waals surface area contributed by atoms with Gasteiger partial charge in [0.05, 0.1) is 11.1 Å². The topological polar surface area (TPSA) is 6.48 Å². The van der Waals surface area contributed by atoms with E-state index in [0.29, 0.717) is 0 Å². The molecule has 1 aliphatic heterocycles. The van der Waals surface area contributed by atoms with Crippen molar-refractivity contribution in [1.82, 2.24) is 0 Å². The highest BCUT2D eigenvalue weighted by atomic mass is 32.2. The Kier molecular flexibility index (Phi) is 9.69. The molecule has 0 N–H and O–H groups in total. The number of para-hydroxylation sites is 2. The molecule has 13 rings (SSSR count). The summed E-state index contributed by atoms with van der Waals surface area (Å²) in [6.45, 7) is 0. The standard InChI is InChI=1S/C65H44N2S/c1-5-19-45(20-6-1)47-33-37-51(38-34-47)66(49-23-9-3-10-24-49)53-41-42-56-59(43-53)65(57-29-15-17-31-62(57)68-63-32-18-16-30-58(63)65)60-44-61(54-27-13-14-28-55(54)64(56)60)67(50-25-11-4-12-26-50)52-39-35-48(36-40-52)46-21-7-2-8-22-46/h1-44H. The summed E-state index contributed by atoms with van der Waals surface area (Å²) in [4.78, 5) is 7.43. The van der Waals surface area contributed by atoms with Crippen molar-refractivity contribution in [1.29, 1.82) is 0 Å². The molecule has 3 heteroatoms. The molecule has 11 aromatic carbocycles. The summed E-state index contributed by atoms with van der Waals surface area (Å²) < 4.78 is 0. The van der Waals surface area contributed by atoms with Gasteiger partial charge in [0.2, 0.25) is 0 Å². The molecule has 0 saturated carbocycles. The van der Waals surface area contributed by atoms with Crippen LogP contribution in [0.2, 0.25) is 0 Å². The minimum atomic E-state index is -0.642. The maximum Gasteiger partial charge on any atom is 0.0737 e. The fourth-order valence-corrected chi connectivity index (χ4v) is 12.1. The SMILES string of the molecule is c1ccc(-c2ccc(N(c3ccccc3)c3ccc4c(c3)C3(c5ccccc5Sc5ccccc53)c3cc(N(c5ccccc5)c5ccc(-c6ccccc6)cc5)c5ccccc5c3-4)cc2)cc1. The third-order valence-corrected chi connectivity index (χ3v) is 15.1. The van der Waals surface area contributed by atoms with Crippen LogP contribution in [0.5, 0.6) is 0 Å². The Morgan fingerprint density at radius 3 is 1.25 bits per heavy atom. The first-order chi connectivity index (χ1) is 33.7. The molecule has 1 heterocycles. The minimum Gasteiger partial charge on any atom is -0.310 e. The van der Waals surface area contributed by atoms with Gasteiger partial charge in [0.25, 0.3) is 0 Å². The van der Waals surface area contributed by atoms with Crippen molar-refractivity contribution >= 4 is 56.7 Å². The Hall–Kier alpha value is -8.37. The summed E-state index contributed by atoms with van der Waals surface area (Å²) in [6.07, 6.45) is 0. The molecule has 0 bridgehead atoms. The van der Waals surface area contributed by atoms with Crippen molar-refractivity contribution in [3.63, 3.8) is 0 Å². The number of fused-ring (bicyclic) bond motifs is 11. The van der Waals surface area contributed by atoms with E-state index >= 15 is 0 Å². The summed E-state index contributed by atoms with van der Waals surface area (Å²) in [7, 11) is 0. The molecule has 0 atom stereocenters. The summed E-state index contributed by atoms with van der Waals surface area (Å²) in [5, 5.41) is 2.43. The van der Waals surface area contributed by atoms with Crippen LogP contribution < -0.4 is 9.80 Å². The zero-order valence-electron chi connectivity index (χ0n) is 37.2. The van der Waals surface area contributed by atoms with Crippen LogP contribution in [0.1, 0.15) is 22.3 Å². The van der Waals surface area contributed by atoms with Crippen LogP contribution in [-0.4, -0.2) is 0 Å². The molecule has 0 aromatic heterocycles. The maximum absolute atomic E-state index is 2.54. The number of hydrogen-bond acceptors (Lipinski definition) is 3. The van der Waals surface area contributed by atoms with Crippen molar-refractivity contribution in [3.05, 3.63) is 289 Å². The monoisotopic (exact) mass is 884 g/mol. The Balaban J connectivity index is 1.08. The number of nitrogens with zero attached hydrogens (tertiary/aromatic N) is 2. The van der Waals surface area contributed by atoms with Gasteiger partial charge >= 0.3 is 0 Å². The highest BCUT2D eigenvalue weighted by Gasteiger charge is 2.51. The Morgan fingerprint density at radius 2 is 0.691 bits per heavy atom. The molecule has 0 unspecified atom stereocenters. The highest BCUT2D eigenvalue weighted by Crippen LogP contribution is 2.65. The first kappa shape index (κ1) is 39.9. The smallest absolute Gasteiger partial charge is 0.0737 e. The minimum absolute atomic E-state index is 0.642. The van der Waals surface area contributed by atoms with Gasteiger partial charge < -0.3 is 9.80 Å². The lowest BCUT2D eigenvalue weighted by molar-refractivity contribution is 0.723. The van der Waals surface area contributed by atoms with Crippen LogP contribution in [-0.2, 0) is 5.41 Å². The van der Waals surface area contributed by atoms with E-state index in [1.807, 2.05) is 11.8 Å². The number of benzene rings is 11. The molecule has 2 aliphatic rings. The van der Waals surface area contributed by atoms with Crippen LogP contribution in [0.3, 0.4) is 0 Å². The highest BCUT2D eigenvalue weighted by molar-refractivity contribution is 7.99. The average Bonchev–Trinajstić information content (AvgIpc) is 3.70. The third kappa shape index (κ3) is 6.42. The maximum atomic E-state index is 2.54. The van der Waals surface area contributed by atoms with E-state index < -0.39 is 5.41 Å². The molecule has 0 radical (unpaired) electrons. The van der Waals surface area contributed by atoms with Crippen molar-refractivity contribution < 1.29 is 0 Å². The first-order valence-corrected chi connectivity index (χ1v) is 24.1. The number of anilines is 6. The first-order valence-electron chi connectivity index (χ1n) is 23.3. The zero-order chi connectivity index (χ0) is 45.0. The lowest BCUT2D eigenvalue weighted by atomic mass is 9.67. The number of rotatable bonds is 8. The summed E-state index contributed by atoms with van der Waals surface area (Å²) >= 11 is 1.88. The Labute approximate surface area is 402 Å². The average molecular weight is 885 g/mol. The van der Waals surface area contributed by atoms with E-state index in [0.717, 1.165) is 34.1 Å². The molecule has 11 aromatic rings. The predicted octanol–water partition coefficient (Wildman–Crippen LogP) is 17.9. The lowest BCUT2D eigenvalue weighted by Crippen LogP contribution is -2.32. The Morgan fingerprint density at radius 1 is 0.279 bits per heavy atom. The second-order valence-electron chi connectivity index (χ2n) is 17.6. The van der Waals surface area contributed by atoms with E-state index in [-0.39, 0.29) is 0 Å². The van der Waals surface area contributed by atoms with Crippen LogP contribution in [0, 0.1) is 0 Å². The molecule has 0 fully saturated rings. The van der Waals surface area contributed by atoms with Gasteiger partial charge in [-0.05, 0) is 140 Å². The van der Waals surface area contributed by atoms with E-state index in [4.69, 9.17) is 0 Å². The molecule has 1 spiro atoms. The van der Waals surface area contributed by atoms with Gasteiger partial charge in [-0.1, -0.05) is 200 Å². The van der Waals surface area contributed by atoms with Crippen molar-refractivity contribution in [2.24, 2.45) is 0 Å². The van der Waals surface area contributed by atoms with Crippen LogP contribution in [0.15, 0.2) is 277 Å². The van der Waals surface area contributed by atoms with Crippen molar-refractivity contribution in [2.45, 2.75) is 15.2 Å². The fourth-order valence-electron chi connectivity index (χ4n) is 10.9. The fraction of sp³-hybridized carbons (Fsp3) is 0.0154. The van der Waals surface area contributed by atoms with Gasteiger partial charge in [-0.25, -0.2) is 0 Å². The third-order valence-electron chi connectivity index (χ3n) is 13.9. The quantitative estimate of drug-likeness (QED) is 0.150. The van der Waals surface area contributed by atoms with Gasteiger partial charge in [-0.15, -0.1) is 0 Å². The molecule has 2 nitrogen and oxygen atoms in total. The van der Waals surface area contributed by atoms with E-state index in [2.05, 4.69) is 277 Å². The normalized spacial score (nSPS) is 12.8. The second kappa shape index (κ2) is 16.5. The van der Waals surface area contributed by atoms with E-state index in [1.165, 1.54) is 76.2 Å². The van der Waals surface area contributed by atoms with Crippen LogP contribution in [0.4, 0.5) is 34.1 Å². The van der Waals surface area contributed by atoms with E-state index in [9.17, 15) is 0 Å². The predicted molar refractivity (Wildman–Crippen MR) is 286 cm³/mol. The van der Waals surface area contributed by atoms with Gasteiger partial charge in [0.1, 0.15) is 0 Å². The molecule has 1 aliphatic carbocycles. The summed E-state index contributed by atoms with van der Waals surface area (Å²) in [5.74, 6) is 0. The molecular weight excluding hydrogens is 841 g/mol. The number of hydrogen-bond donors (Lipinski definition) is 0. The molecular formula is C65H44N2S. The van der Waals surface area contributed by atoms with Gasteiger partial charge in [-0.3, -0.25) is 0 Å². The summed E-state index contributed by atoms with van der Waals surface area (Å²) in [5.41, 5.74) is 18.5. The second-order valence-corrected chi connectivity index (χ2v) is 18.7.